The number of fused-ring (bicyclic) bond motifs is 1. The lowest BCUT2D eigenvalue weighted by atomic mass is 9.99. The Bertz CT molecular complexity index is 1540. The number of morpholine rings is 1. The number of hydrogen-bond acceptors (Lipinski definition) is 6. The summed E-state index contributed by atoms with van der Waals surface area (Å²) in [5.41, 5.74) is 3.76. The Hall–Kier alpha value is -4.30. The predicted octanol–water partition coefficient (Wildman–Crippen LogP) is 5.00. The first kappa shape index (κ1) is 23.4. The summed E-state index contributed by atoms with van der Waals surface area (Å²) in [6, 6.07) is 18.1. The Labute approximate surface area is 208 Å². The summed E-state index contributed by atoms with van der Waals surface area (Å²) >= 11 is 0. The number of aromatic nitrogens is 2. The molecule has 3 aromatic carbocycles. The first-order chi connectivity index (χ1) is 17.5. The van der Waals surface area contributed by atoms with Crippen molar-refractivity contribution in [1.82, 2.24) is 9.78 Å². The highest BCUT2D eigenvalue weighted by molar-refractivity contribution is 5.94. The molecular formula is C28H26N4O4. The van der Waals surface area contributed by atoms with Crippen LogP contribution in [0.2, 0.25) is 0 Å². The number of nitrogens with zero attached hydrogens (tertiary/aromatic N) is 4. The number of aryl methyl sites for hydroxylation is 1. The number of nitro groups is 1. The second-order valence-corrected chi connectivity index (χ2v) is 8.66. The van der Waals surface area contributed by atoms with Crippen LogP contribution in [-0.2, 0) is 11.2 Å². The third-order valence-corrected chi connectivity index (χ3v) is 6.50. The van der Waals surface area contributed by atoms with Gasteiger partial charge >= 0.3 is 0 Å². The van der Waals surface area contributed by atoms with E-state index in [9.17, 15) is 14.9 Å². The minimum atomic E-state index is -0.477. The molecule has 0 atom stereocenters. The maximum atomic E-state index is 13.6. The highest BCUT2D eigenvalue weighted by atomic mass is 16.6. The van der Waals surface area contributed by atoms with Crippen LogP contribution in [0.4, 0.5) is 11.4 Å². The summed E-state index contributed by atoms with van der Waals surface area (Å²) in [4.78, 5) is 27.3. The van der Waals surface area contributed by atoms with Crippen LogP contribution in [0.3, 0.4) is 0 Å². The zero-order valence-corrected chi connectivity index (χ0v) is 20.0. The van der Waals surface area contributed by atoms with E-state index in [0.29, 0.717) is 42.8 Å². The van der Waals surface area contributed by atoms with E-state index in [1.165, 1.54) is 10.7 Å². The van der Waals surface area contributed by atoms with E-state index < -0.39 is 10.5 Å². The number of ether oxygens (including phenoxy) is 1. The highest BCUT2D eigenvalue weighted by Gasteiger charge is 2.23. The van der Waals surface area contributed by atoms with Crippen molar-refractivity contribution in [3.8, 4) is 16.9 Å². The highest BCUT2D eigenvalue weighted by Crippen LogP contribution is 2.31. The average Bonchev–Trinajstić information content (AvgIpc) is 2.93. The summed E-state index contributed by atoms with van der Waals surface area (Å²) in [5, 5.41) is 17.9. The van der Waals surface area contributed by atoms with Crippen LogP contribution in [0.5, 0.6) is 0 Å². The smallest absolute Gasteiger partial charge is 0.295 e. The normalized spacial score (nSPS) is 13.6. The SMILES string of the molecule is C=Cc1cc(CC)cc(-c2nn(-c3cc(N4CCOCC4)ccc3[N+](=O)[O-])c(=O)c3ccccc23)c1. The van der Waals surface area contributed by atoms with E-state index in [2.05, 4.69) is 24.5 Å². The number of anilines is 1. The Morgan fingerprint density at radius 1 is 1.08 bits per heavy atom. The second kappa shape index (κ2) is 9.75. The number of nitro benzene ring substituents is 1. The Kier molecular flexibility index (Phi) is 6.35. The van der Waals surface area contributed by atoms with E-state index in [1.807, 2.05) is 24.3 Å². The molecule has 0 N–H and O–H groups in total. The molecule has 1 saturated heterocycles. The molecule has 0 amide bonds. The summed E-state index contributed by atoms with van der Waals surface area (Å²) < 4.78 is 6.62. The molecule has 0 aliphatic carbocycles. The Balaban J connectivity index is 1.80. The quantitative estimate of drug-likeness (QED) is 0.284. The van der Waals surface area contributed by atoms with Crippen molar-refractivity contribution in [2.75, 3.05) is 31.2 Å². The maximum absolute atomic E-state index is 13.6. The Morgan fingerprint density at radius 2 is 1.83 bits per heavy atom. The molecule has 8 heteroatoms. The first-order valence-electron chi connectivity index (χ1n) is 11.9. The van der Waals surface area contributed by atoms with Gasteiger partial charge in [0, 0.05) is 35.8 Å². The predicted molar refractivity (Wildman–Crippen MR) is 142 cm³/mol. The van der Waals surface area contributed by atoms with Gasteiger partial charge in [-0.05, 0) is 47.9 Å². The zero-order chi connectivity index (χ0) is 25.2. The van der Waals surface area contributed by atoms with Gasteiger partial charge < -0.3 is 9.64 Å². The molecule has 1 aromatic heterocycles. The van der Waals surface area contributed by atoms with Gasteiger partial charge in [-0.3, -0.25) is 14.9 Å². The van der Waals surface area contributed by atoms with Gasteiger partial charge in [0.2, 0.25) is 0 Å². The second-order valence-electron chi connectivity index (χ2n) is 8.66. The van der Waals surface area contributed by atoms with Gasteiger partial charge in [0.25, 0.3) is 11.2 Å². The zero-order valence-electron chi connectivity index (χ0n) is 20.0. The third-order valence-electron chi connectivity index (χ3n) is 6.50. The summed E-state index contributed by atoms with van der Waals surface area (Å²) in [6.45, 7) is 8.45. The number of rotatable bonds is 6. The summed E-state index contributed by atoms with van der Waals surface area (Å²) in [7, 11) is 0. The summed E-state index contributed by atoms with van der Waals surface area (Å²) in [6.07, 6.45) is 2.59. The number of hydrogen-bond donors (Lipinski definition) is 0. The molecule has 0 spiro atoms. The van der Waals surface area contributed by atoms with E-state index in [1.54, 1.807) is 30.3 Å². The van der Waals surface area contributed by atoms with E-state index >= 15 is 0 Å². The molecule has 0 radical (unpaired) electrons. The van der Waals surface area contributed by atoms with E-state index in [4.69, 9.17) is 9.84 Å². The van der Waals surface area contributed by atoms with E-state index in [-0.39, 0.29) is 11.4 Å². The summed E-state index contributed by atoms with van der Waals surface area (Å²) in [5.74, 6) is 0. The molecule has 36 heavy (non-hydrogen) atoms. The maximum Gasteiger partial charge on any atom is 0.295 e. The average molecular weight is 483 g/mol. The fourth-order valence-electron chi connectivity index (χ4n) is 4.60. The van der Waals surface area contributed by atoms with Crippen LogP contribution in [0, 0.1) is 10.1 Å². The standard InChI is InChI=1S/C28H26N4O4/c1-3-19-15-20(4-2)17-21(16-19)27-23-7-5-6-8-24(23)28(33)31(29-27)26-18-22(9-10-25(26)32(34)35)30-11-13-36-14-12-30/h3,5-10,15-18H,1,4,11-14H2,2H3. The van der Waals surface area contributed by atoms with Gasteiger partial charge in [0.15, 0.2) is 0 Å². The van der Waals surface area contributed by atoms with Crippen molar-refractivity contribution < 1.29 is 9.66 Å². The van der Waals surface area contributed by atoms with Crippen molar-refractivity contribution in [1.29, 1.82) is 0 Å². The van der Waals surface area contributed by atoms with Gasteiger partial charge in [-0.15, -0.1) is 0 Å². The van der Waals surface area contributed by atoms with Crippen molar-refractivity contribution in [3.05, 3.63) is 98.8 Å². The molecule has 0 bridgehead atoms. The topological polar surface area (TPSA) is 90.5 Å². The molecule has 1 fully saturated rings. The molecule has 5 rings (SSSR count). The fraction of sp³-hybridized carbons (Fsp3) is 0.214. The monoisotopic (exact) mass is 482 g/mol. The van der Waals surface area contributed by atoms with Crippen molar-refractivity contribution >= 4 is 28.2 Å². The van der Waals surface area contributed by atoms with E-state index in [0.717, 1.165) is 28.8 Å². The Morgan fingerprint density at radius 3 is 2.53 bits per heavy atom. The van der Waals surface area contributed by atoms with Crippen molar-refractivity contribution in [2.24, 2.45) is 0 Å². The van der Waals surface area contributed by atoms with Gasteiger partial charge in [-0.2, -0.15) is 9.78 Å². The van der Waals surface area contributed by atoms with Gasteiger partial charge in [0.05, 0.1) is 29.2 Å². The van der Waals surface area contributed by atoms with Crippen molar-refractivity contribution in [2.45, 2.75) is 13.3 Å². The molecule has 8 nitrogen and oxygen atoms in total. The molecular weight excluding hydrogens is 456 g/mol. The van der Waals surface area contributed by atoms with Crippen LogP contribution < -0.4 is 10.5 Å². The lowest BCUT2D eigenvalue weighted by Crippen LogP contribution is -2.36. The first-order valence-corrected chi connectivity index (χ1v) is 11.9. The molecule has 0 saturated carbocycles. The van der Waals surface area contributed by atoms with Crippen LogP contribution in [0.15, 0.2) is 72.0 Å². The van der Waals surface area contributed by atoms with Crippen LogP contribution in [0.25, 0.3) is 33.8 Å². The molecule has 4 aromatic rings. The molecule has 0 unspecified atom stereocenters. The molecule has 2 heterocycles. The van der Waals surface area contributed by atoms with Crippen molar-refractivity contribution in [3.63, 3.8) is 0 Å². The lowest BCUT2D eigenvalue weighted by molar-refractivity contribution is -0.384. The van der Waals surface area contributed by atoms with Crippen LogP contribution in [0.1, 0.15) is 18.1 Å². The number of benzene rings is 3. The van der Waals surface area contributed by atoms with Gasteiger partial charge in [-0.1, -0.05) is 43.8 Å². The largest absolute Gasteiger partial charge is 0.378 e. The van der Waals surface area contributed by atoms with Crippen LogP contribution >= 0.6 is 0 Å². The van der Waals surface area contributed by atoms with Crippen LogP contribution in [-0.4, -0.2) is 41.0 Å². The molecule has 1 aliphatic heterocycles. The third kappa shape index (κ3) is 4.27. The molecule has 1 aliphatic rings. The fourth-order valence-corrected chi connectivity index (χ4v) is 4.60. The van der Waals surface area contributed by atoms with Gasteiger partial charge in [0.1, 0.15) is 5.69 Å². The minimum Gasteiger partial charge on any atom is -0.378 e. The lowest BCUT2D eigenvalue weighted by Gasteiger charge is -2.29. The minimum absolute atomic E-state index is 0.136. The molecule has 182 valence electrons. The van der Waals surface area contributed by atoms with Gasteiger partial charge in [-0.25, -0.2) is 0 Å².